The zero-order chi connectivity index (χ0) is 15.0. The van der Waals surface area contributed by atoms with E-state index in [1.807, 2.05) is 18.2 Å². The Morgan fingerprint density at radius 3 is 2.67 bits per heavy atom. The summed E-state index contributed by atoms with van der Waals surface area (Å²) in [6, 6.07) is 11.9. The van der Waals surface area contributed by atoms with Crippen molar-refractivity contribution < 1.29 is 8.81 Å². The number of para-hydroxylation sites is 1. The molecular weight excluding hydrogens is 357 g/mol. The van der Waals surface area contributed by atoms with Gasteiger partial charge in [-0.05, 0) is 31.3 Å². The topological polar surface area (TPSA) is 25.2 Å². The third-order valence-electron chi connectivity index (χ3n) is 3.38. The molecule has 0 saturated heterocycles. The molecule has 21 heavy (non-hydrogen) atoms. The lowest BCUT2D eigenvalue weighted by Gasteiger charge is -2.16. The van der Waals surface area contributed by atoms with Crippen LogP contribution in [-0.2, 0) is 0 Å². The van der Waals surface area contributed by atoms with Crippen LogP contribution in [0.1, 0.15) is 17.4 Å². The van der Waals surface area contributed by atoms with E-state index in [0.29, 0.717) is 26.4 Å². The predicted octanol–water partition coefficient (Wildman–Crippen LogP) is 5.30. The van der Waals surface area contributed by atoms with E-state index in [4.69, 9.17) is 16.0 Å². The van der Waals surface area contributed by atoms with Crippen LogP contribution in [0.2, 0.25) is 5.02 Å². The summed E-state index contributed by atoms with van der Waals surface area (Å²) in [5.74, 6) is 0.321. The highest BCUT2D eigenvalue weighted by Crippen LogP contribution is 2.35. The average Bonchev–Trinajstić information content (AvgIpc) is 2.88. The lowest BCUT2D eigenvalue weighted by molar-refractivity contribution is 0.475. The molecule has 0 spiro atoms. The second-order valence-electron chi connectivity index (χ2n) is 4.66. The van der Waals surface area contributed by atoms with Crippen molar-refractivity contribution in [1.29, 1.82) is 0 Å². The summed E-state index contributed by atoms with van der Waals surface area (Å²) < 4.78 is 20.7. The van der Waals surface area contributed by atoms with E-state index >= 15 is 0 Å². The van der Waals surface area contributed by atoms with Gasteiger partial charge in [0, 0.05) is 15.4 Å². The minimum atomic E-state index is -0.399. The molecule has 5 heteroatoms. The Hall–Kier alpha value is -1.36. The molecule has 108 valence electrons. The van der Waals surface area contributed by atoms with E-state index in [2.05, 4.69) is 21.2 Å². The third-order valence-corrected chi connectivity index (χ3v) is 4.37. The van der Waals surface area contributed by atoms with Crippen molar-refractivity contribution in [3.63, 3.8) is 0 Å². The summed E-state index contributed by atoms with van der Waals surface area (Å²) in [5, 5.41) is 4.53. The lowest BCUT2D eigenvalue weighted by Crippen LogP contribution is -2.18. The molecule has 0 amide bonds. The van der Waals surface area contributed by atoms with Crippen molar-refractivity contribution in [2.75, 3.05) is 7.05 Å². The van der Waals surface area contributed by atoms with Crippen LogP contribution < -0.4 is 5.32 Å². The summed E-state index contributed by atoms with van der Waals surface area (Å²) in [7, 11) is 1.76. The Morgan fingerprint density at radius 1 is 1.24 bits per heavy atom. The Bertz CT molecular complexity index is 782. The van der Waals surface area contributed by atoms with Gasteiger partial charge in [0.05, 0.1) is 11.1 Å². The first kappa shape index (κ1) is 14.6. The van der Waals surface area contributed by atoms with Crippen LogP contribution in [-0.4, -0.2) is 7.05 Å². The summed E-state index contributed by atoms with van der Waals surface area (Å²) in [4.78, 5) is 0. The molecular formula is C16H12BrClFNO. The molecule has 3 aromatic rings. The normalized spacial score (nSPS) is 12.8. The summed E-state index contributed by atoms with van der Waals surface area (Å²) >= 11 is 9.53. The van der Waals surface area contributed by atoms with Crippen LogP contribution in [0, 0.1) is 5.82 Å². The number of halogens is 3. The monoisotopic (exact) mass is 367 g/mol. The SMILES string of the molecule is CNC(c1cc2cccc(Cl)c2o1)c1c(F)cccc1Br. The van der Waals surface area contributed by atoms with Crippen LogP contribution >= 0.6 is 27.5 Å². The van der Waals surface area contributed by atoms with Gasteiger partial charge in [-0.15, -0.1) is 0 Å². The molecule has 1 heterocycles. The second kappa shape index (κ2) is 5.79. The average molecular weight is 369 g/mol. The highest BCUT2D eigenvalue weighted by Gasteiger charge is 2.23. The van der Waals surface area contributed by atoms with Crippen LogP contribution in [0.25, 0.3) is 11.0 Å². The standard InChI is InChI=1S/C16H12BrClFNO/c1-20-15(14-10(17)5-3-7-12(14)19)13-8-9-4-2-6-11(18)16(9)21-13/h2-8,15,20H,1H3. The van der Waals surface area contributed by atoms with E-state index in [9.17, 15) is 4.39 Å². The summed E-state index contributed by atoms with van der Waals surface area (Å²) in [5.41, 5.74) is 1.12. The Morgan fingerprint density at radius 2 is 2.00 bits per heavy atom. The molecule has 0 aliphatic heterocycles. The lowest BCUT2D eigenvalue weighted by atomic mass is 10.0. The number of fused-ring (bicyclic) bond motifs is 1. The fourth-order valence-corrected chi connectivity index (χ4v) is 3.20. The van der Waals surface area contributed by atoms with E-state index in [0.717, 1.165) is 5.39 Å². The molecule has 0 saturated carbocycles. The van der Waals surface area contributed by atoms with Gasteiger partial charge in [0.25, 0.3) is 0 Å². The maximum atomic E-state index is 14.2. The second-order valence-corrected chi connectivity index (χ2v) is 5.93. The van der Waals surface area contributed by atoms with Crippen LogP contribution in [0.3, 0.4) is 0 Å². The molecule has 0 aliphatic carbocycles. The first-order chi connectivity index (χ1) is 10.1. The quantitative estimate of drug-likeness (QED) is 0.679. The van der Waals surface area contributed by atoms with Crippen molar-refractivity contribution >= 4 is 38.5 Å². The Labute approximate surface area is 135 Å². The number of rotatable bonds is 3. The van der Waals surface area contributed by atoms with Crippen LogP contribution in [0.4, 0.5) is 4.39 Å². The smallest absolute Gasteiger partial charge is 0.152 e. The molecule has 0 bridgehead atoms. The molecule has 3 rings (SSSR count). The van der Waals surface area contributed by atoms with Gasteiger partial charge < -0.3 is 9.73 Å². The summed E-state index contributed by atoms with van der Waals surface area (Å²) in [6.45, 7) is 0. The molecule has 2 aromatic carbocycles. The van der Waals surface area contributed by atoms with Crippen molar-refractivity contribution in [2.45, 2.75) is 6.04 Å². The molecule has 0 fully saturated rings. The highest BCUT2D eigenvalue weighted by atomic mass is 79.9. The fraction of sp³-hybridized carbons (Fsp3) is 0.125. The first-order valence-corrected chi connectivity index (χ1v) is 7.58. The van der Waals surface area contributed by atoms with Crippen molar-refractivity contribution in [2.24, 2.45) is 0 Å². The van der Waals surface area contributed by atoms with Gasteiger partial charge in [0.15, 0.2) is 5.58 Å². The van der Waals surface area contributed by atoms with Gasteiger partial charge in [-0.1, -0.05) is 45.7 Å². The van der Waals surface area contributed by atoms with Gasteiger partial charge in [0.2, 0.25) is 0 Å². The maximum absolute atomic E-state index is 14.2. The molecule has 1 N–H and O–H groups in total. The third kappa shape index (κ3) is 2.59. The number of nitrogens with one attached hydrogen (secondary N) is 1. The Balaban J connectivity index is 2.16. The van der Waals surface area contributed by atoms with E-state index in [1.165, 1.54) is 6.07 Å². The highest BCUT2D eigenvalue weighted by molar-refractivity contribution is 9.10. The van der Waals surface area contributed by atoms with Gasteiger partial charge in [-0.2, -0.15) is 0 Å². The summed E-state index contributed by atoms with van der Waals surface area (Å²) in [6.07, 6.45) is 0. The molecule has 0 radical (unpaired) electrons. The van der Waals surface area contributed by atoms with Gasteiger partial charge >= 0.3 is 0 Å². The number of hydrogen-bond donors (Lipinski definition) is 1. The predicted molar refractivity (Wildman–Crippen MR) is 86.2 cm³/mol. The maximum Gasteiger partial charge on any atom is 0.152 e. The van der Waals surface area contributed by atoms with Crippen LogP contribution in [0.15, 0.2) is 51.4 Å². The van der Waals surface area contributed by atoms with Crippen molar-refractivity contribution in [1.82, 2.24) is 5.32 Å². The van der Waals surface area contributed by atoms with Crippen molar-refractivity contribution in [3.8, 4) is 0 Å². The zero-order valence-corrected chi connectivity index (χ0v) is 13.5. The minimum Gasteiger partial charge on any atom is -0.457 e. The van der Waals surface area contributed by atoms with E-state index in [-0.39, 0.29) is 5.82 Å². The first-order valence-electron chi connectivity index (χ1n) is 6.41. The van der Waals surface area contributed by atoms with E-state index < -0.39 is 6.04 Å². The molecule has 2 nitrogen and oxygen atoms in total. The molecule has 0 aliphatic rings. The number of benzene rings is 2. The molecule has 1 unspecified atom stereocenters. The Kier molecular flexibility index (Phi) is 4.02. The van der Waals surface area contributed by atoms with Gasteiger partial charge in [-0.3, -0.25) is 0 Å². The van der Waals surface area contributed by atoms with Crippen LogP contribution in [0.5, 0.6) is 0 Å². The number of furan rings is 1. The molecule has 1 atom stereocenters. The van der Waals surface area contributed by atoms with Gasteiger partial charge in [-0.25, -0.2) is 4.39 Å². The largest absolute Gasteiger partial charge is 0.457 e. The minimum absolute atomic E-state index is 0.296. The zero-order valence-electron chi connectivity index (χ0n) is 11.2. The van der Waals surface area contributed by atoms with Crippen molar-refractivity contribution in [3.05, 3.63) is 69.1 Å². The number of hydrogen-bond acceptors (Lipinski definition) is 2. The fourth-order valence-electron chi connectivity index (χ4n) is 2.41. The van der Waals surface area contributed by atoms with E-state index in [1.54, 1.807) is 25.2 Å². The van der Waals surface area contributed by atoms with Gasteiger partial charge in [0.1, 0.15) is 11.6 Å². The molecule has 1 aromatic heterocycles.